The summed E-state index contributed by atoms with van der Waals surface area (Å²) in [7, 11) is 0. The van der Waals surface area contributed by atoms with Crippen molar-refractivity contribution in [3.63, 3.8) is 0 Å². The van der Waals surface area contributed by atoms with E-state index >= 15 is 0 Å². The molecule has 2 aromatic heterocycles. The van der Waals surface area contributed by atoms with E-state index < -0.39 is 17.6 Å². The summed E-state index contributed by atoms with van der Waals surface area (Å²) in [5, 5.41) is 11.0. The molecule has 0 aliphatic carbocycles. The molecule has 0 bridgehead atoms. The number of halogens is 3. The van der Waals surface area contributed by atoms with Crippen LogP contribution in [0.3, 0.4) is 0 Å². The third-order valence-electron chi connectivity index (χ3n) is 4.92. The van der Waals surface area contributed by atoms with Crippen molar-refractivity contribution in [1.29, 1.82) is 0 Å². The van der Waals surface area contributed by atoms with Crippen molar-refractivity contribution in [3.05, 3.63) is 95.1 Å². The third-order valence-corrected chi connectivity index (χ3v) is 4.92. The van der Waals surface area contributed by atoms with Crippen molar-refractivity contribution in [2.24, 2.45) is 0 Å². The lowest BCUT2D eigenvalue weighted by molar-refractivity contribution is -0.137. The number of alkyl halides is 3. The number of benzene rings is 2. The SMILES string of the molecule is Cc1cc(C)cc(OCn2ccc(C(=O)Nc3cnn(Cc4cccc(C(F)(F)F)c4)c3)n2)c1. The highest BCUT2D eigenvalue weighted by molar-refractivity contribution is 6.02. The van der Waals surface area contributed by atoms with Gasteiger partial charge in [-0.15, -0.1) is 0 Å². The quantitative estimate of drug-likeness (QED) is 0.411. The standard InChI is InChI=1S/C24H22F3N5O2/c1-16-8-17(2)10-21(9-16)34-15-31-7-6-22(30-31)23(33)29-20-12-28-32(14-20)13-18-4-3-5-19(11-18)24(25,26)27/h3-12,14H,13,15H2,1-2H3,(H,29,33). The van der Waals surface area contributed by atoms with E-state index in [4.69, 9.17) is 4.74 Å². The minimum Gasteiger partial charge on any atom is -0.471 e. The van der Waals surface area contributed by atoms with Crippen LogP contribution >= 0.6 is 0 Å². The molecule has 0 spiro atoms. The van der Waals surface area contributed by atoms with Crippen molar-refractivity contribution < 1.29 is 22.7 Å². The van der Waals surface area contributed by atoms with E-state index in [-0.39, 0.29) is 19.0 Å². The lowest BCUT2D eigenvalue weighted by Gasteiger charge is -2.08. The van der Waals surface area contributed by atoms with Crippen LogP contribution < -0.4 is 10.1 Å². The first-order chi connectivity index (χ1) is 16.2. The number of carbonyl (C=O) groups excluding carboxylic acids is 1. The van der Waals surface area contributed by atoms with Gasteiger partial charge in [-0.2, -0.15) is 23.4 Å². The number of anilines is 1. The number of aromatic nitrogens is 4. The summed E-state index contributed by atoms with van der Waals surface area (Å²) in [4.78, 5) is 12.5. The topological polar surface area (TPSA) is 74.0 Å². The molecule has 4 rings (SSSR count). The Morgan fingerprint density at radius 2 is 1.82 bits per heavy atom. The summed E-state index contributed by atoms with van der Waals surface area (Å²) < 4.78 is 47.4. The zero-order valence-corrected chi connectivity index (χ0v) is 18.5. The van der Waals surface area contributed by atoms with Gasteiger partial charge in [0.15, 0.2) is 12.4 Å². The molecule has 2 heterocycles. The molecule has 1 N–H and O–H groups in total. The maximum Gasteiger partial charge on any atom is 0.416 e. The van der Waals surface area contributed by atoms with Crippen LogP contribution in [0.1, 0.15) is 32.7 Å². The van der Waals surface area contributed by atoms with Crippen LogP contribution in [0.25, 0.3) is 0 Å². The zero-order chi connectivity index (χ0) is 24.3. The van der Waals surface area contributed by atoms with Crippen LogP contribution in [0.2, 0.25) is 0 Å². The highest BCUT2D eigenvalue weighted by Gasteiger charge is 2.30. The summed E-state index contributed by atoms with van der Waals surface area (Å²) in [6.07, 6.45) is 0.186. The minimum absolute atomic E-state index is 0.129. The van der Waals surface area contributed by atoms with Crippen molar-refractivity contribution in [2.45, 2.75) is 33.3 Å². The number of carbonyl (C=O) groups is 1. The number of amides is 1. The van der Waals surface area contributed by atoms with Gasteiger partial charge in [-0.3, -0.25) is 9.48 Å². The summed E-state index contributed by atoms with van der Waals surface area (Å²) in [6, 6.07) is 12.5. The Morgan fingerprint density at radius 3 is 2.56 bits per heavy atom. The molecular formula is C24H22F3N5O2. The maximum absolute atomic E-state index is 12.9. The van der Waals surface area contributed by atoms with Crippen LogP contribution in [-0.2, 0) is 19.5 Å². The zero-order valence-electron chi connectivity index (χ0n) is 18.5. The molecule has 34 heavy (non-hydrogen) atoms. The van der Waals surface area contributed by atoms with E-state index in [2.05, 4.69) is 15.5 Å². The van der Waals surface area contributed by atoms with Gasteiger partial charge >= 0.3 is 6.18 Å². The molecule has 176 valence electrons. The first kappa shape index (κ1) is 23.1. The molecule has 4 aromatic rings. The second kappa shape index (κ2) is 9.42. The molecule has 2 aromatic carbocycles. The Balaban J connectivity index is 1.35. The highest BCUT2D eigenvalue weighted by atomic mass is 19.4. The molecule has 10 heteroatoms. The van der Waals surface area contributed by atoms with Gasteiger partial charge in [-0.05, 0) is 60.9 Å². The average Bonchev–Trinajstić information content (AvgIpc) is 3.41. The average molecular weight is 469 g/mol. The van der Waals surface area contributed by atoms with Crippen molar-refractivity contribution in [2.75, 3.05) is 5.32 Å². The van der Waals surface area contributed by atoms with Gasteiger partial charge in [0.25, 0.3) is 5.91 Å². The summed E-state index contributed by atoms with van der Waals surface area (Å²) in [5.41, 5.74) is 2.49. The van der Waals surface area contributed by atoms with Gasteiger partial charge in [0.05, 0.1) is 24.0 Å². The van der Waals surface area contributed by atoms with Gasteiger partial charge in [-0.25, -0.2) is 4.68 Å². The Morgan fingerprint density at radius 1 is 1.06 bits per heavy atom. The highest BCUT2D eigenvalue weighted by Crippen LogP contribution is 2.29. The molecule has 0 radical (unpaired) electrons. The number of hydrogen-bond acceptors (Lipinski definition) is 4. The van der Waals surface area contributed by atoms with Gasteiger partial charge in [-0.1, -0.05) is 18.2 Å². The van der Waals surface area contributed by atoms with E-state index in [0.717, 1.165) is 23.3 Å². The Labute approximate surface area is 193 Å². The van der Waals surface area contributed by atoms with E-state index in [1.54, 1.807) is 24.5 Å². The maximum atomic E-state index is 12.9. The number of nitrogens with zero attached hydrogens (tertiary/aromatic N) is 4. The van der Waals surface area contributed by atoms with Gasteiger partial charge < -0.3 is 10.1 Å². The molecule has 7 nitrogen and oxygen atoms in total. The van der Waals surface area contributed by atoms with Crippen LogP contribution in [0, 0.1) is 13.8 Å². The molecule has 0 saturated heterocycles. The number of aryl methyl sites for hydroxylation is 2. The lowest BCUT2D eigenvalue weighted by atomic mass is 10.1. The minimum atomic E-state index is -4.41. The Kier molecular flexibility index (Phi) is 6.40. The Hall–Kier alpha value is -4.08. The number of nitrogens with one attached hydrogen (secondary N) is 1. The normalized spacial score (nSPS) is 11.4. The molecule has 0 aliphatic heterocycles. The number of ether oxygens (including phenoxy) is 1. The monoisotopic (exact) mass is 469 g/mol. The van der Waals surface area contributed by atoms with E-state index in [1.807, 2.05) is 32.0 Å². The first-order valence-electron chi connectivity index (χ1n) is 10.4. The van der Waals surface area contributed by atoms with Crippen LogP contribution in [0.15, 0.2) is 67.1 Å². The summed E-state index contributed by atoms with van der Waals surface area (Å²) in [6.45, 7) is 4.24. The van der Waals surface area contributed by atoms with Crippen molar-refractivity contribution in [3.8, 4) is 5.75 Å². The van der Waals surface area contributed by atoms with Crippen LogP contribution in [0.4, 0.5) is 18.9 Å². The molecule has 1 amide bonds. The summed E-state index contributed by atoms with van der Waals surface area (Å²) >= 11 is 0. The van der Waals surface area contributed by atoms with Gasteiger partial charge in [0.2, 0.25) is 0 Å². The predicted molar refractivity (Wildman–Crippen MR) is 119 cm³/mol. The number of rotatable bonds is 7. The second-order valence-corrected chi connectivity index (χ2v) is 7.92. The van der Waals surface area contributed by atoms with Crippen molar-refractivity contribution >= 4 is 11.6 Å². The fourth-order valence-electron chi connectivity index (χ4n) is 3.45. The fourth-order valence-corrected chi connectivity index (χ4v) is 3.45. The molecule has 0 atom stereocenters. The molecular weight excluding hydrogens is 447 g/mol. The molecule has 0 aliphatic rings. The first-order valence-corrected chi connectivity index (χ1v) is 10.4. The van der Waals surface area contributed by atoms with Crippen LogP contribution in [-0.4, -0.2) is 25.5 Å². The third kappa shape index (κ3) is 5.83. The van der Waals surface area contributed by atoms with Gasteiger partial charge in [0.1, 0.15) is 5.75 Å². The molecule has 0 unspecified atom stereocenters. The van der Waals surface area contributed by atoms with Gasteiger partial charge in [0, 0.05) is 12.4 Å². The van der Waals surface area contributed by atoms with E-state index in [0.29, 0.717) is 17.0 Å². The largest absolute Gasteiger partial charge is 0.471 e. The smallest absolute Gasteiger partial charge is 0.416 e. The summed E-state index contributed by atoms with van der Waals surface area (Å²) in [5.74, 6) is 0.274. The van der Waals surface area contributed by atoms with E-state index in [1.165, 1.54) is 21.6 Å². The number of hydrogen-bond donors (Lipinski definition) is 1. The van der Waals surface area contributed by atoms with Crippen molar-refractivity contribution in [1.82, 2.24) is 19.6 Å². The lowest BCUT2D eigenvalue weighted by Crippen LogP contribution is -2.14. The Bertz CT molecular complexity index is 1290. The predicted octanol–water partition coefficient (Wildman–Crippen LogP) is 5.05. The molecule has 0 saturated carbocycles. The molecule has 0 fully saturated rings. The second-order valence-electron chi connectivity index (χ2n) is 7.92. The fraction of sp³-hybridized carbons (Fsp3) is 0.208. The van der Waals surface area contributed by atoms with E-state index in [9.17, 15) is 18.0 Å². The van der Waals surface area contributed by atoms with Crippen LogP contribution in [0.5, 0.6) is 5.75 Å².